The third-order valence-electron chi connectivity index (χ3n) is 2.40. The van der Waals surface area contributed by atoms with Gasteiger partial charge in [0.15, 0.2) is 0 Å². The van der Waals surface area contributed by atoms with Gasteiger partial charge in [-0.05, 0) is 6.07 Å². The summed E-state index contributed by atoms with van der Waals surface area (Å²) in [7, 11) is 1.63. The first-order chi connectivity index (χ1) is 8.33. The van der Waals surface area contributed by atoms with Gasteiger partial charge in [-0.3, -0.25) is 0 Å². The molecule has 1 aromatic rings. The third-order valence-corrected chi connectivity index (χ3v) is 2.40. The van der Waals surface area contributed by atoms with Crippen molar-refractivity contribution < 1.29 is 9.84 Å². The predicted molar refractivity (Wildman–Crippen MR) is 64.5 cm³/mol. The number of rotatable bonds is 7. The molecule has 0 bridgehead atoms. The molecule has 0 aliphatic carbocycles. The number of aromatic nitrogens is 1. The molecule has 0 aliphatic heterocycles. The molecule has 5 nitrogen and oxygen atoms in total. The van der Waals surface area contributed by atoms with Gasteiger partial charge in [-0.1, -0.05) is 6.07 Å². The molecule has 0 aliphatic rings. The van der Waals surface area contributed by atoms with Gasteiger partial charge >= 0.3 is 0 Å². The van der Waals surface area contributed by atoms with E-state index in [9.17, 15) is 5.11 Å². The second kappa shape index (κ2) is 7.60. The molecule has 17 heavy (non-hydrogen) atoms. The van der Waals surface area contributed by atoms with Crippen LogP contribution in [-0.2, 0) is 11.3 Å². The molecule has 1 aromatic heterocycles. The average Bonchev–Trinajstić information content (AvgIpc) is 2.39. The van der Waals surface area contributed by atoms with E-state index >= 15 is 0 Å². The second-order valence-electron chi connectivity index (χ2n) is 3.53. The van der Waals surface area contributed by atoms with E-state index < -0.39 is 0 Å². The zero-order valence-electron chi connectivity index (χ0n) is 9.96. The molecule has 0 aromatic carbocycles. The van der Waals surface area contributed by atoms with Gasteiger partial charge < -0.3 is 14.7 Å². The second-order valence-corrected chi connectivity index (χ2v) is 3.53. The lowest BCUT2D eigenvalue weighted by Crippen LogP contribution is -2.30. The van der Waals surface area contributed by atoms with Crippen LogP contribution in [0.25, 0.3) is 0 Å². The van der Waals surface area contributed by atoms with Gasteiger partial charge in [0, 0.05) is 32.0 Å². The van der Waals surface area contributed by atoms with Crippen LogP contribution in [0, 0.1) is 11.3 Å². The lowest BCUT2D eigenvalue weighted by molar-refractivity contribution is 0.205. The monoisotopic (exact) mass is 235 g/mol. The molecule has 1 heterocycles. The first-order valence-electron chi connectivity index (χ1n) is 5.49. The molecule has 5 heteroatoms. The Kier molecular flexibility index (Phi) is 6.00. The Morgan fingerprint density at radius 2 is 2.35 bits per heavy atom. The van der Waals surface area contributed by atoms with E-state index in [1.807, 2.05) is 11.0 Å². The molecule has 0 atom stereocenters. The summed E-state index contributed by atoms with van der Waals surface area (Å²) in [5.41, 5.74) is 0.765. The number of aliphatic hydroxyl groups is 1. The standard InChI is InChI=1S/C12H17N3O2/c1-17-9-8-15(7-3-5-13)12-11(10-16)4-2-6-14-12/h2,4,6,16H,3,7-10H2,1H3. The Hall–Kier alpha value is -1.64. The summed E-state index contributed by atoms with van der Waals surface area (Å²) in [6, 6.07) is 5.72. The summed E-state index contributed by atoms with van der Waals surface area (Å²) in [6.45, 7) is 1.75. The highest BCUT2D eigenvalue weighted by molar-refractivity contribution is 5.46. The van der Waals surface area contributed by atoms with Gasteiger partial charge in [0.1, 0.15) is 5.82 Å². The van der Waals surface area contributed by atoms with E-state index in [0.717, 1.165) is 11.4 Å². The van der Waals surface area contributed by atoms with Gasteiger partial charge in [-0.2, -0.15) is 5.26 Å². The van der Waals surface area contributed by atoms with Crippen LogP contribution in [0.5, 0.6) is 0 Å². The molecule has 0 spiro atoms. The first kappa shape index (κ1) is 13.4. The minimum Gasteiger partial charge on any atom is -0.392 e. The first-order valence-corrected chi connectivity index (χ1v) is 5.49. The maximum absolute atomic E-state index is 9.26. The Bertz CT molecular complexity index is 376. The van der Waals surface area contributed by atoms with Crippen molar-refractivity contribution in [2.75, 3.05) is 31.7 Å². The Balaban J connectivity index is 2.83. The number of ether oxygens (including phenoxy) is 1. The highest BCUT2D eigenvalue weighted by Gasteiger charge is 2.11. The number of methoxy groups -OCH3 is 1. The Morgan fingerprint density at radius 3 is 3.00 bits per heavy atom. The third kappa shape index (κ3) is 4.02. The summed E-state index contributed by atoms with van der Waals surface area (Å²) in [5, 5.41) is 17.9. The number of hydrogen-bond donors (Lipinski definition) is 1. The van der Waals surface area contributed by atoms with Crippen LogP contribution in [0.15, 0.2) is 18.3 Å². The zero-order valence-corrected chi connectivity index (χ0v) is 9.96. The summed E-state index contributed by atoms with van der Waals surface area (Å²) >= 11 is 0. The molecule has 0 amide bonds. The molecule has 92 valence electrons. The van der Waals surface area contributed by atoms with Crippen LogP contribution in [0.3, 0.4) is 0 Å². The topological polar surface area (TPSA) is 69.4 Å². The molecule has 0 unspecified atom stereocenters. The van der Waals surface area contributed by atoms with Crippen LogP contribution in [0.1, 0.15) is 12.0 Å². The maximum Gasteiger partial charge on any atom is 0.134 e. The smallest absolute Gasteiger partial charge is 0.134 e. The van der Waals surface area contributed by atoms with Crippen molar-refractivity contribution in [1.82, 2.24) is 4.98 Å². The van der Waals surface area contributed by atoms with Gasteiger partial charge in [0.05, 0.1) is 25.7 Å². The molecule has 0 radical (unpaired) electrons. The predicted octanol–water partition coefficient (Wildman–Crippen LogP) is 0.940. The Morgan fingerprint density at radius 1 is 1.53 bits per heavy atom. The summed E-state index contributed by atoms with van der Waals surface area (Å²) in [5.74, 6) is 0.724. The van der Waals surface area contributed by atoms with Crippen molar-refractivity contribution >= 4 is 5.82 Å². The van der Waals surface area contributed by atoms with Gasteiger partial charge in [0.2, 0.25) is 0 Å². The van der Waals surface area contributed by atoms with E-state index in [2.05, 4.69) is 11.1 Å². The molecule has 0 fully saturated rings. The van der Waals surface area contributed by atoms with Crippen LogP contribution in [0.2, 0.25) is 0 Å². The number of anilines is 1. The van der Waals surface area contributed by atoms with Crippen molar-refractivity contribution in [3.63, 3.8) is 0 Å². The van der Waals surface area contributed by atoms with E-state index in [0.29, 0.717) is 26.1 Å². The molecular weight excluding hydrogens is 218 g/mol. The lowest BCUT2D eigenvalue weighted by Gasteiger charge is -2.24. The molecule has 1 rings (SSSR count). The average molecular weight is 235 g/mol. The fraction of sp³-hybridized carbons (Fsp3) is 0.500. The summed E-state index contributed by atoms with van der Waals surface area (Å²) in [4.78, 5) is 6.21. The van der Waals surface area contributed by atoms with Crippen molar-refractivity contribution in [3.8, 4) is 6.07 Å². The zero-order chi connectivity index (χ0) is 12.5. The number of nitriles is 1. The molecule has 0 saturated carbocycles. The van der Waals surface area contributed by atoms with Crippen LogP contribution in [0.4, 0.5) is 5.82 Å². The van der Waals surface area contributed by atoms with Gasteiger partial charge in [0.25, 0.3) is 0 Å². The van der Waals surface area contributed by atoms with Crippen LogP contribution in [-0.4, -0.2) is 36.9 Å². The maximum atomic E-state index is 9.26. The largest absolute Gasteiger partial charge is 0.392 e. The molecule has 0 saturated heterocycles. The molecular formula is C12H17N3O2. The van der Waals surface area contributed by atoms with E-state index in [-0.39, 0.29) is 6.61 Å². The van der Waals surface area contributed by atoms with E-state index in [1.165, 1.54) is 0 Å². The minimum atomic E-state index is -0.0563. The van der Waals surface area contributed by atoms with Crippen molar-refractivity contribution in [2.45, 2.75) is 13.0 Å². The fourth-order valence-electron chi connectivity index (χ4n) is 1.55. The summed E-state index contributed by atoms with van der Waals surface area (Å²) in [6.07, 6.45) is 2.10. The summed E-state index contributed by atoms with van der Waals surface area (Å²) < 4.78 is 5.03. The normalized spacial score (nSPS) is 9.94. The van der Waals surface area contributed by atoms with E-state index in [4.69, 9.17) is 10.00 Å². The quantitative estimate of drug-likeness (QED) is 0.761. The number of hydrogen-bond acceptors (Lipinski definition) is 5. The van der Waals surface area contributed by atoms with Crippen LogP contribution < -0.4 is 4.90 Å². The van der Waals surface area contributed by atoms with Gasteiger partial charge in [-0.25, -0.2) is 4.98 Å². The van der Waals surface area contributed by atoms with Crippen molar-refractivity contribution in [2.24, 2.45) is 0 Å². The SMILES string of the molecule is COCCN(CCC#N)c1ncccc1CO. The highest BCUT2D eigenvalue weighted by atomic mass is 16.5. The fourth-order valence-corrected chi connectivity index (χ4v) is 1.55. The van der Waals surface area contributed by atoms with Gasteiger partial charge in [-0.15, -0.1) is 0 Å². The number of aliphatic hydroxyl groups excluding tert-OH is 1. The van der Waals surface area contributed by atoms with Crippen molar-refractivity contribution in [3.05, 3.63) is 23.9 Å². The molecule has 1 N–H and O–H groups in total. The minimum absolute atomic E-state index is 0.0563. The van der Waals surface area contributed by atoms with Crippen LogP contribution >= 0.6 is 0 Å². The highest BCUT2D eigenvalue weighted by Crippen LogP contribution is 2.17. The van der Waals surface area contributed by atoms with Crippen molar-refractivity contribution in [1.29, 1.82) is 5.26 Å². The Labute approximate surface area is 101 Å². The van der Waals surface area contributed by atoms with E-state index in [1.54, 1.807) is 19.4 Å². The lowest BCUT2D eigenvalue weighted by atomic mass is 10.2. The number of pyridine rings is 1. The number of nitrogens with zero attached hydrogens (tertiary/aromatic N) is 3.